The molecule has 0 N–H and O–H groups in total. The Morgan fingerprint density at radius 2 is 1.93 bits per heavy atom. The molecule has 14 heavy (non-hydrogen) atoms. The van der Waals surface area contributed by atoms with E-state index < -0.39 is 0 Å². The number of imide groups is 1. The van der Waals surface area contributed by atoms with Gasteiger partial charge in [0.05, 0.1) is 4.47 Å². The topological polar surface area (TPSA) is 50.3 Å². The minimum absolute atomic E-state index is 0.326. The first kappa shape index (κ1) is 10.8. The molecule has 0 aliphatic heterocycles. The number of hydrogen-bond acceptors (Lipinski definition) is 3. The molecule has 1 rings (SSSR count). The van der Waals surface area contributed by atoms with E-state index in [1.165, 1.54) is 20.0 Å². The first-order valence-electron chi connectivity index (χ1n) is 3.96. The van der Waals surface area contributed by atoms with Crippen molar-refractivity contribution in [1.29, 1.82) is 0 Å². The fourth-order valence-corrected chi connectivity index (χ4v) is 1.49. The first-order chi connectivity index (χ1) is 6.54. The van der Waals surface area contributed by atoms with E-state index in [0.29, 0.717) is 10.3 Å². The van der Waals surface area contributed by atoms with Crippen molar-refractivity contribution in [3.05, 3.63) is 22.8 Å². The van der Waals surface area contributed by atoms with Crippen molar-refractivity contribution < 1.29 is 9.59 Å². The zero-order valence-corrected chi connectivity index (χ0v) is 9.41. The molecule has 0 saturated carbocycles. The molecular weight excluding hydrogens is 248 g/mol. The summed E-state index contributed by atoms with van der Waals surface area (Å²) in [6.07, 6.45) is 1.53. The fourth-order valence-electron chi connectivity index (χ4n) is 1.06. The molecule has 2 amide bonds. The minimum atomic E-state index is -0.350. The Morgan fingerprint density at radius 1 is 1.36 bits per heavy atom. The van der Waals surface area contributed by atoms with Gasteiger partial charge >= 0.3 is 0 Å². The summed E-state index contributed by atoms with van der Waals surface area (Å²) in [7, 11) is 0. The molecule has 5 heteroatoms. The van der Waals surface area contributed by atoms with Gasteiger partial charge in [-0.3, -0.25) is 9.59 Å². The quantitative estimate of drug-likeness (QED) is 0.770. The average molecular weight is 257 g/mol. The van der Waals surface area contributed by atoms with Crippen molar-refractivity contribution in [1.82, 2.24) is 4.98 Å². The maximum atomic E-state index is 11.2. The highest BCUT2D eigenvalue weighted by Crippen LogP contribution is 2.22. The van der Waals surface area contributed by atoms with Crippen LogP contribution in [-0.4, -0.2) is 16.8 Å². The van der Waals surface area contributed by atoms with Gasteiger partial charge in [-0.25, -0.2) is 9.88 Å². The van der Waals surface area contributed by atoms with Crippen molar-refractivity contribution in [2.75, 3.05) is 4.90 Å². The summed E-state index contributed by atoms with van der Waals surface area (Å²) >= 11 is 3.22. The Bertz CT molecular complexity index is 365. The molecule has 0 radical (unpaired) electrons. The predicted molar refractivity (Wildman–Crippen MR) is 55.8 cm³/mol. The molecule has 4 nitrogen and oxygen atoms in total. The van der Waals surface area contributed by atoms with Crippen molar-refractivity contribution in [3.8, 4) is 0 Å². The number of anilines is 1. The number of carbonyl (C=O) groups is 2. The number of hydrogen-bond donors (Lipinski definition) is 0. The summed E-state index contributed by atoms with van der Waals surface area (Å²) in [6.45, 7) is 2.64. The van der Waals surface area contributed by atoms with Crippen LogP contribution in [0, 0.1) is 0 Å². The number of nitrogens with zero attached hydrogens (tertiary/aromatic N) is 2. The zero-order chi connectivity index (χ0) is 10.7. The third kappa shape index (κ3) is 2.17. The van der Waals surface area contributed by atoms with E-state index in [2.05, 4.69) is 20.9 Å². The van der Waals surface area contributed by atoms with E-state index in [0.717, 1.165) is 4.90 Å². The summed E-state index contributed by atoms with van der Waals surface area (Å²) < 4.78 is 0.616. The highest BCUT2D eigenvalue weighted by atomic mass is 79.9. The Hall–Kier alpha value is -1.23. The van der Waals surface area contributed by atoms with Crippen LogP contribution in [0.25, 0.3) is 0 Å². The highest BCUT2D eigenvalue weighted by Gasteiger charge is 2.19. The zero-order valence-electron chi connectivity index (χ0n) is 7.82. The summed E-state index contributed by atoms with van der Waals surface area (Å²) in [5.74, 6) is -0.374. The van der Waals surface area contributed by atoms with Crippen LogP contribution in [-0.2, 0) is 9.59 Å². The van der Waals surface area contributed by atoms with Crippen molar-refractivity contribution in [3.63, 3.8) is 0 Å². The lowest BCUT2D eigenvalue weighted by atomic mass is 10.4. The predicted octanol–water partition coefficient (Wildman–Crippen LogP) is 1.74. The molecular formula is C9H9BrN2O2. The second-order valence-electron chi connectivity index (χ2n) is 2.68. The number of pyridine rings is 1. The van der Waals surface area contributed by atoms with Crippen molar-refractivity contribution in [2.24, 2.45) is 0 Å². The SMILES string of the molecule is CC(=O)N(C(C)=O)c1ncccc1Br. The van der Waals surface area contributed by atoms with Gasteiger partial charge in [0.15, 0.2) is 5.82 Å². The monoisotopic (exact) mass is 256 g/mol. The van der Waals surface area contributed by atoms with Gasteiger partial charge in [-0.15, -0.1) is 0 Å². The second-order valence-corrected chi connectivity index (χ2v) is 3.54. The molecule has 0 saturated heterocycles. The van der Waals surface area contributed by atoms with Crippen molar-refractivity contribution >= 4 is 33.6 Å². The average Bonchev–Trinajstić information content (AvgIpc) is 2.07. The van der Waals surface area contributed by atoms with Crippen LogP contribution in [0.3, 0.4) is 0 Å². The van der Waals surface area contributed by atoms with Crippen LogP contribution < -0.4 is 4.90 Å². The van der Waals surface area contributed by atoms with Crippen LogP contribution in [0.15, 0.2) is 22.8 Å². The third-order valence-electron chi connectivity index (χ3n) is 1.58. The molecule has 0 aliphatic rings. The van der Waals surface area contributed by atoms with Gasteiger partial charge in [-0.2, -0.15) is 0 Å². The smallest absolute Gasteiger partial charge is 0.231 e. The number of carbonyl (C=O) groups excluding carboxylic acids is 2. The van der Waals surface area contributed by atoms with E-state index in [1.807, 2.05) is 0 Å². The summed E-state index contributed by atoms with van der Waals surface area (Å²) in [6, 6.07) is 3.44. The normalized spacial score (nSPS) is 9.64. The number of rotatable bonds is 1. The second kappa shape index (κ2) is 4.32. The van der Waals surface area contributed by atoms with Gasteiger partial charge in [-0.1, -0.05) is 0 Å². The van der Waals surface area contributed by atoms with Gasteiger partial charge < -0.3 is 0 Å². The van der Waals surface area contributed by atoms with E-state index in [9.17, 15) is 9.59 Å². The van der Waals surface area contributed by atoms with Gasteiger partial charge in [0.2, 0.25) is 11.8 Å². The molecule has 0 unspecified atom stereocenters. The molecule has 1 heterocycles. The van der Waals surface area contributed by atoms with Gasteiger partial charge in [0, 0.05) is 20.0 Å². The highest BCUT2D eigenvalue weighted by molar-refractivity contribution is 9.10. The standard InChI is InChI=1S/C9H9BrN2O2/c1-6(13)12(7(2)14)9-8(10)4-3-5-11-9/h3-5H,1-2H3. The summed E-state index contributed by atoms with van der Waals surface area (Å²) in [4.78, 5) is 27.3. The Balaban J connectivity index is 3.18. The lowest BCUT2D eigenvalue weighted by Gasteiger charge is -2.16. The largest absolute Gasteiger partial charge is 0.274 e. The maximum Gasteiger partial charge on any atom is 0.231 e. The number of aromatic nitrogens is 1. The lowest BCUT2D eigenvalue weighted by Crippen LogP contribution is -2.34. The molecule has 0 aliphatic carbocycles. The maximum absolute atomic E-state index is 11.2. The molecule has 0 aromatic carbocycles. The van der Waals surface area contributed by atoms with Gasteiger partial charge in [0.25, 0.3) is 0 Å². The van der Waals surface area contributed by atoms with E-state index in [-0.39, 0.29) is 11.8 Å². The first-order valence-corrected chi connectivity index (χ1v) is 4.75. The van der Waals surface area contributed by atoms with Crippen LogP contribution in [0.2, 0.25) is 0 Å². The molecule has 1 aromatic rings. The summed E-state index contributed by atoms with van der Waals surface area (Å²) in [5.41, 5.74) is 0. The number of halogens is 1. The van der Waals surface area contributed by atoms with Gasteiger partial charge in [-0.05, 0) is 28.1 Å². The van der Waals surface area contributed by atoms with E-state index in [1.54, 1.807) is 12.1 Å². The molecule has 74 valence electrons. The third-order valence-corrected chi connectivity index (χ3v) is 2.20. The van der Waals surface area contributed by atoms with Crippen LogP contribution >= 0.6 is 15.9 Å². The minimum Gasteiger partial charge on any atom is -0.274 e. The number of amides is 2. The van der Waals surface area contributed by atoms with Crippen LogP contribution in [0.4, 0.5) is 5.82 Å². The summed E-state index contributed by atoms with van der Waals surface area (Å²) in [5, 5.41) is 0. The lowest BCUT2D eigenvalue weighted by molar-refractivity contribution is -0.124. The molecule has 0 bridgehead atoms. The Kier molecular flexibility index (Phi) is 3.35. The van der Waals surface area contributed by atoms with Crippen LogP contribution in [0.5, 0.6) is 0 Å². The molecule has 0 atom stereocenters. The molecule has 0 fully saturated rings. The molecule has 1 aromatic heterocycles. The van der Waals surface area contributed by atoms with Gasteiger partial charge in [0.1, 0.15) is 0 Å². The van der Waals surface area contributed by atoms with E-state index >= 15 is 0 Å². The Morgan fingerprint density at radius 3 is 2.36 bits per heavy atom. The van der Waals surface area contributed by atoms with Crippen LogP contribution in [0.1, 0.15) is 13.8 Å². The molecule has 0 spiro atoms. The Labute approximate surface area is 90.1 Å². The van der Waals surface area contributed by atoms with E-state index in [4.69, 9.17) is 0 Å². The fraction of sp³-hybridized carbons (Fsp3) is 0.222. The van der Waals surface area contributed by atoms with Crippen molar-refractivity contribution in [2.45, 2.75) is 13.8 Å².